The summed E-state index contributed by atoms with van der Waals surface area (Å²) in [7, 11) is 0. The Hall–Kier alpha value is -1.81. The first kappa shape index (κ1) is 11.7. The number of rotatable bonds is 3. The fourth-order valence-corrected chi connectivity index (χ4v) is 2.66. The highest BCUT2D eigenvalue weighted by atomic mass is 32.1. The molecule has 0 bridgehead atoms. The van der Waals surface area contributed by atoms with Crippen LogP contribution in [0.5, 0.6) is 0 Å². The molecule has 3 nitrogen and oxygen atoms in total. The van der Waals surface area contributed by atoms with Gasteiger partial charge in [0, 0.05) is 16.6 Å². The van der Waals surface area contributed by atoms with E-state index in [0.29, 0.717) is 17.1 Å². The minimum Gasteiger partial charge on any atom is -0.397 e. The van der Waals surface area contributed by atoms with Crippen molar-refractivity contribution in [1.82, 2.24) is 5.32 Å². The zero-order valence-corrected chi connectivity index (χ0v) is 10.4. The van der Waals surface area contributed by atoms with Crippen LogP contribution in [0.3, 0.4) is 0 Å². The van der Waals surface area contributed by atoms with Crippen LogP contribution < -0.4 is 11.1 Å². The van der Waals surface area contributed by atoms with Gasteiger partial charge in [-0.25, -0.2) is 0 Å². The molecule has 2 aromatic rings. The van der Waals surface area contributed by atoms with E-state index >= 15 is 0 Å². The van der Waals surface area contributed by atoms with Crippen molar-refractivity contribution in [2.45, 2.75) is 6.92 Å². The van der Waals surface area contributed by atoms with Gasteiger partial charge in [-0.05, 0) is 19.1 Å². The standard InChI is InChI=1S/C13H14N2OS/c1-3-6-15-13(16)12-11(14)9-7-8(2)4-5-10(9)17-12/h3-5,7H,1,6,14H2,2H3,(H,15,16). The van der Waals surface area contributed by atoms with E-state index in [4.69, 9.17) is 5.73 Å². The molecule has 1 amide bonds. The molecular weight excluding hydrogens is 232 g/mol. The van der Waals surface area contributed by atoms with Crippen LogP contribution in [-0.2, 0) is 0 Å². The van der Waals surface area contributed by atoms with Gasteiger partial charge >= 0.3 is 0 Å². The van der Waals surface area contributed by atoms with Gasteiger partial charge < -0.3 is 11.1 Å². The summed E-state index contributed by atoms with van der Waals surface area (Å²) in [6.07, 6.45) is 1.64. The zero-order valence-electron chi connectivity index (χ0n) is 9.62. The number of nitrogens with two attached hydrogens (primary N) is 1. The second kappa shape index (κ2) is 4.59. The highest BCUT2D eigenvalue weighted by molar-refractivity contribution is 7.21. The monoisotopic (exact) mass is 246 g/mol. The van der Waals surface area contributed by atoms with E-state index in [1.54, 1.807) is 6.08 Å². The van der Waals surface area contributed by atoms with E-state index in [1.165, 1.54) is 11.3 Å². The van der Waals surface area contributed by atoms with Crippen LogP contribution in [-0.4, -0.2) is 12.5 Å². The number of anilines is 1. The summed E-state index contributed by atoms with van der Waals surface area (Å²) in [5, 5.41) is 3.70. The number of benzene rings is 1. The van der Waals surface area contributed by atoms with E-state index in [9.17, 15) is 4.79 Å². The molecule has 0 aliphatic rings. The number of nitrogens with one attached hydrogen (secondary N) is 1. The van der Waals surface area contributed by atoms with Gasteiger partial charge in [0.1, 0.15) is 4.88 Å². The first-order valence-corrected chi connectivity index (χ1v) is 6.13. The summed E-state index contributed by atoms with van der Waals surface area (Å²) in [5.41, 5.74) is 7.71. The topological polar surface area (TPSA) is 55.1 Å². The van der Waals surface area contributed by atoms with Crippen molar-refractivity contribution in [2.75, 3.05) is 12.3 Å². The van der Waals surface area contributed by atoms with Gasteiger partial charge in [-0.15, -0.1) is 17.9 Å². The fourth-order valence-electron chi connectivity index (χ4n) is 1.64. The molecule has 0 radical (unpaired) electrons. The molecular formula is C13H14N2OS. The van der Waals surface area contributed by atoms with Crippen LogP contribution >= 0.6 is 11.3 Å². The number of nitrogen functional groups attached to an aromatic ring is 1. The molecule has 2 rings (SSSR count). The Balaban J connectivity index is 2.45. The predicted octanol–water partition coefficient (Wildman–Crippen LogP) is 2.71. The lowest BCUT2D eigenvalue weighted by atomic mass is 10.1. The van der Waals surface area contributed by atoms with Crippen molar-refractivity contribution < 1.29 is 4.79 Å². The Morgan fingerprint density at radius 2 is 2.35 bits per heavy atom. The van der Waals surface area contributed by atoms with Crippen molar-refractivity contribution in [3.8, 4) is 0 Å². The summed E-state index contributed by atoms with van der Waals surface area (Å²) < 4.78 is 1.04. The van der Waals surface area contributed by atoms with Crippen molar-refractivity contribution in [2.24, 2.45) is 0 Å². The molecule has 0 fully saturated rings. The molecule has 88 valence electrons. The number of thiophene rings is 1. The summed E-state index contributed by atoms with van der Waals surface area (Å²) >= 11 is 1.42. The Morgan fingerprint density at radius 1 is 1.59 bits per heavy atom. The molecule has 3 N–H and O–H groups in total. The summed E-state index contributed by atoms with van der Waals surface area (Å²) in [6.45, 7) is 6.02. The quantitative estimate of drug-likeness (QED) is 0.818. The van der Waals surface area contributed by atoms with Gasteiger partial charge in [0.2, 0.25) is 0 Å². The number of carbonyl (C=O) groups is 1. The Labute approximate surface area is 104 Å². The molecule has 17 heavy (non-hydrogen) atoms. The maximum Gasteiger partial charge on any atom is 0.263 e. The third-order valence-electron chi connectivity index (χ3n) is 2.50. The Kier molecular flexibility index (Phi) is 3.15. The normalized spacial score (nSPS) is 10.4. The number of hydrogen-bond acceptors (Lipinski definition) is 3. The third kappa shape index (κ3) is 2.17. The summed E-state index contributed by atoms with van der Waals surface area (Å²) in [6, 6.07) is 6.02. The average molecular weight is 246 g/mol. The van der Waals surface area contributed by atoms with E-state index in [0.717, 1.165) is 15.6 Å². The van der Waals surface area contributed by atoms with Crippen molar-refractivity contribution in [3.05, 3.63) is 41.3 Å². The van der Waals surface area contributed by atoms with Gasteiger partial charge in [-0.1, -0.05) is 17.7 Å². The molecule has 0 aliphatic heterocycles. The number of hydrogen-bond donors (Lipinski definition) is 2. The van der Waals surface area contributed by atoms with E-state index < -0.39 is 0 Å². The number of amides is 1. The lowest BCUT2D eigenvalue weighted by molar-refractivity contribution is 0.0963. The van der Waals surface area contributed by atoms with Gasteiger partial charge in [0.15, 0.2) is 0 Å². The van der Waals surface area contributed by atoms with Gasteiger partial charge in [0.05, 0.1) is 5.69 Å². The molecule has 0 spiro atoms. The maximum absolute atomic E-state index is 11.9. The molecule has 1 heterocycles. The zero-order chi connectivity index (χ0) is 12.4. The second-order valence-electron chi connectivity index (χ2n) is 3.84. The van der Waals surface area contributed by atoms with Crippen LogP contribution in [0, 0.1) is 6.92 Å². The largest absolute Gasteiger partial charge is 0.397 e. The minimum absolute atomic E-state index is 0.138. The summed E-state index contributed by atoms with van der Waals surface area (Å²) in [5.74, 6) is -0.138. The van der Waals surface area contributed by atoms with Crippen LogP contribution in [0.2, 0.25) is 0 Å². The molecule has 0 saturated carbocycles. The Morgan fingerprint density at radius 3 is 3.06 bits per heavy atom. The van der Waals surface area contributed by atoms with Crippen LogP contribution in [0.25, 0.3) is 10.1 Å². The highest BCUT2D eigenvalue weighted by Crippen LogP contribution is 2.33. The molecule has 0 atom stereocenters. The number of fused-ring (bicyclic) bond motifs is 1. The van der Waals surface area contributed by atoms with Crippen molar-refractivity contribution in [3.63, 3.8) is 0 Å². The third-order valence-corrected chi connectivity index (χ3v) is 3.68. The smallest absolute Gasteiger partial charge is 0.263 e. The summed E-state index contributed by atoms with van der Waals surface area (Å²) in [4.78, 5) is 12.4. The van der Waals surface area contributed by atoms with Gasteiger partial charge in [0.25, 0.3) is 5.91 Å². The lowest BCUT2D eigenvalue weighted by Crippen LogP contribution is -2.22. The second-order valence-corrected chi connectivity index (χ2v) is 4.90. The van der Waals surface area contributed by atoms with E-state index in [1.807, 2.05) is 25.1 Å². The van der Waals surface area contributed by atoms with Crippen molar-refractivity contribution >= 4 is 33.0 Å². The van der Waals surface area contributed by atoms with Crippen LogP contribution in [0.1, 0.15) is 15.2 Å². The number of carbonyl (C=O) groups excluding carboxylic acids is 1. The predicted molar refractivity (Wildman–Crippen MR) is 73.5 cm³/mol. The molecule has 1 aromatic carbocycles. The van der Waals surface area contributed by atoms with E-state index in [-0.39, 0.29) is 5.91 Å². The number of aryl methyl sites for hydroxylation is 1. The molecule has 0 saturated heterocycles. The molecule has 0 unspecified atom stereocenters. The fraction of sp³-hybridized carbons (Fsp3) is 0.154. The average Bonchev–Trinajstić information content (AvgIpc) is 2.64. The van der Waals surface area contributed by atoms with Crippen LogP contribution in [0.4, 0.5) is 5.69 Å². The first-order chi connectivity index (χ1) is 8.13. The lowest BCUT2D eigenvalue weighted by Gasteiger charge is -2.00. The maximum atomic E-state index is 11.9. The Bertz CT molecular complexity index is 586. The van der Waals surface area contributed by atoms with Gasteiger partial charge in [-0.2, -0.15) is 0 Å². The van der Waals surface area contributed by atoms with Crippen molar-refractivity contribution in [1.29, 1.82) is 0 Å². The minimum atomic E-state index is -0.138. The molecule has 1 aromatic heterocycles. The highest BCUT2D eigenvalue weighted by Gasteiger charge is 2.15. The molecule has 0 aliphatic carbocycles. The molecule has 4 heteroatoms. The SMILES string of the molecule is C=CCNC(=O)c1sc2ccc(C)cc2c1N. The van der Waals surface area contributed by atoms with E-state index in [2.05, 4.69) is 11.9 Å². The first-order valence-electron chi connectivity index (χ1n) is 5.31. The van der Waals surface area contributed by atoms with Crippen LogP contribution in [0.15, 0.2) is 30.9 Å². The van der Waals surface area contributed by atoms with Gasteiger partial charge in [-0.3, -0.25) is 4.79 Å².